The SMILES string of the molecule is CC(=C\Sc1ccccc1)/C(=N\c1ccc(Cl)cc1)Sc1ccccc1. The van der Waals surface area contributed by atoms with E-state index in [4.69, 9.17) is 16.6 Å². The van der Waals surface area contributed by atoms with Gasteiger partial charge in [0.15, 0.2) is 0 Å². The highest BCUT2D eigenvalue weighted by Crippen LogP contribution is 2.29. The monoisotopic (exact) mass is 395 g/mol. The predicted molar refractivity (Wildman–Crippen MR) is 117 cm³/mol. The third-order valence-corrected chi connectivity index (χ3v) is 5.85. The Morgan fingerprint density at radius 3 is 2.00 bits per heavy atom. The summed E-state index contributed by atoms with van der Waals surface area (Å²) < 4.78 is 0. The van der Waals surface area contributed by atoms with Crippen LogP contribution in [0.4, 0.5) is 5.69 Å². The van der Waals surface area contributed by atoms with Gasteiger partial charge in [-0.1, -0.05) is 71.5 Å². The summed E-state index contributed by atoms with van der Waals surface area (Å²) in [6.07, 6.45) is 0. The topological polar surface area (TPSA) is 12.4 Å². The molecule has 0 radical (unpaired) electrons. The zero-order valence-corrected chi connectivity index (χ0v) is 16.7. The molecule has 0 saturated carbocycles. The van der Waals surface area contributed by atoms with Crippen molar-refractivity contribution in [2.75, 3.05) is 0 Å². The third-order valence-electron chi connectivity index (χ3n) is 3.47. The van der Waals surface area contributed by atoms with Gasteiger partial charge in [0.25, 0.3) is 0 Å². The molecule has 0 atom stereocenters. The average Bonchev–Trinajstić information content (AvgIpc) is 2.69. The summed E-state index contributed by atoms with van der Waals surface area (Å²) >= 11 is 9.36. The van der Waals surface area contributed by atoms with Gasteiger partial charge in [0, 0.05) is 14.8 Å². The van der Waals surface area contributed by atoms with Crippen molar-refractivity contribution in [3.63, 3.8) is 0 Å². The van der Waals surface area contributed by atoms with Crippen molar-refractivity contribution in [3.05, 3.63) is 101 Å². The van der Waals surface area contributed by atoms with Crippen molar-refractivity contribution in [1.82, 2.24) is 0 Å². The highest BCUT2D eigenvalue weighted by atomic mass is 35.5. The summed E-state index contributed by atoms with van der Waals surface area (Å²) in [5.74, 6) is 0. The minimum Gasteiger partial charge on any atom is -0.241 e. The van der Waals surface area contributed by atoms with Crippen LogP contribution in [-0.4, -0.2) is 5.04 Å². The van der Waals surface area contributed by atoms with Gasteiger partial charge in [-0.2, -0.15) is 0 Å². The average molecular weight is 396 g/mol. The first-order chi connectivity index (χ1) is 12.7. The maximum atomic E-state index is 5.99. The van der Waals surface area contributed by atoms with E-state index < -0.39 is 0 Å². The molecule has 0 amide bonds. The molecule has 0 spiro atoms. The molecule has 0 heterocycles. The van der Waals surface area contributed by atoms with Gasteiger partial charge in [-0.05, 0) is 66.4 Å². The van der Waals surface area contributed by atoms with E-state index in [0.29, 0.717) is 5.02 Å². The molecule has 0 aromatic heterocycles. The minimum atomic E-state index is 0.716. The van der Waals surface area contributed by atoms with Crippen molar-refractivity contribution in [1.29, 1.82) is 0 Å². The predicted octanol–water partition coefficient (Wildman–Crippen LogP) is 7.86. The second-order valence-electron chi connectivity index (χ2n) is 5.54. The first-order valence-electron chi connectivity index (χ1n) is 8.17. The van der Waals surface area contributed by atoms with Gasteiger partial charge in [0.2, 0.25) is 0 Å². The summed E-state index contributed by atoms with van der Waals surface area (Å²) in [7, 11) is 0. The lowest BCUT2D eigenvalue weighted by molar-refractivity contribution is 1.46. The molecule has 0 bridgehead atoms. The molecular formula is C22H18ClNS2. The Hall–Kier alpha value is -1.94. The fourth-order valence-corrected chi connectivity index (χ4v) is 3.96. The van der Waals surface area contributed by atoms with E-state index in [1.807, 2.05) is 60.7 Å². The number of halogens is 1. The molecule has 0 unspecified atom stereocenters. The molecule has 0 aliphatic carbocycles. The van der Waals surface area contributed by atoms with Crippen molar-refractivity contribution < 1.29 is 0 Å². The van der Waals surface area contributed by atoms with Crippen LogP contribution in [0.2, 0.25) is 5.02 Å². The lowest BCUT2D eigenvalue weighted by atomic mass is 10.3. The van der Waals surface area contributed by atoms with Crippen LogP contribution in [0.3, 0.4) is 0 Å². The number of hydrogen-bond acceptors (Lipinski definition) is 3. The molecule has 26 heavy (non-hydrogen) atoms. The molecule has 3 rings (SSSR count). The fourth-order valence-electron chi connectivity index (χ4n) is 2.13. The zero-order valence-electron chi connectivity index (χ0n) is 14.3. The molecule has 0 saturated heterocycles. The first-order valence-corrected chi connectivity index (χ1v) is 10.2. The Morgan fingerprint density at radius 2 is 1.38 bits per heavy atom. The Morgan fingerprint density at radius 1 is 0.808 bits per heavy atom. The summed E-state index contributed by atoms with van der Waals surface area (Å²) in [6.45, 7) is 2.10. The molecule has 0 fully saturated rings. The smallest absolute Gasteiger partial charge is 0.105 e. The zero-order chi connectivity index (χ0) is 18.2. The number of nitrogens with zero attached hydrogens (tertiary/aromatic N) is 1. The molecule has 0 N–H and O–H groups in total. The van der Waals surface area contributed by atoms with E-state index in [0.717, 1.165) is 21.2 Å². The Kier molecular flexibility index (Phi) is 7.01. The van der Waals surface area contributed by atoms with Crippen molar-refractivity contribution in [3.8, 4) is 0 Å². The van der Waals surface area contributed by atoms with Crippen LogP contribution in [0.25, 0.3) is 0 Å². The standard InChI is InChI=1S/C22H18ClNS2/c1-17(16-25-20-8-4-2-5-9-20)22(26-21-10-6-3-7-11-21)24-19-14-12-18(23)13-15-19/h2-16H,1H3/b17-16+,24-22+. The summed E-state index contributed by atoms with van der Waals surface area (Å²) in [5, 5.41) is 3.84. The van der Waals surface area contributed by atoms with Gasteiger partial charge >= 0.3 is 0 Å². The third kappa shape index (κ3) is 5.80. The first kappa shape index (κ1) is 18.8. The number of aliphatic imine (C=N–C) groups is 1. The van der Waals surface area contributed by atoms with E-state index in [1.165, 1.54) is 4.90 Å². The van der Waals surface area contributed by atoms with Gasteiger partial charge in [-0.3, -0.25) is 0 Å². The highest BCUT2D eigenvalue weighted by molar-refractivity contribution is 8.14. The van der Waals surface area contributed by atoms with Crippen LogP contribution in [0, 0.1) is 0 Å². The Bertz CT molecular complexity index is 888. The molecule has 1 nitrogen and oxygen atoms in total. The number of thioether (sulfide) groups is 2. The van der Waals surface area contributed by atoms with Gasteiger partial charge in [-0.25, -0.2) is 4.99 Å². The highest BCUT2D eigenvalue weighted by Gasteiger charge is 2.07. The second-order valence-corrected chi connectivity index (χ2v) is 7.98. The lowest BCUT2D eigenvalue weighted by Crippen LogP contribution is -1.94. The van der Waals surface area contributed by atoms with Crippen LogP contribution in [0.5, 0.6) is 0 Å². The summed E-state index contributed by atoms with van der Waals surface area (Å²) in [5.41, 5.74) is 2.02. The molecule has 3 aromatic carbocycles. The van der Waals surface area contributed by atoms with Crippen molar-refractivity contribution in [2.45, 2.75) is 16.7 Å². The minimum absolute atomic E-state index is 0.716. The van der Waals surface area contributed by atoms with E-state index >= 15 is 0 Å². The van der Waals surface area contributed by atoms with E-state index in [9.17, 15) is 0 Å². The maximum absolute atomic E-state index is 5.99. The Balaban J connectivity index is 1.87. The van der Waals surface area contributed by atoms with Crippen LogP contribution in [0.15, 0.2) is 111 Å². The molecule has 130 valence electrons. The molecule has 0 aliphatic heterocycles. The van der Waals surface area contributed by atoms with Crippen LogP contribution in [0.1, 0.15) is 6.92 Å². The van der Waals surface area contributed by atoms with Crippen LogP contribution < -0.4 is 0 Å². The van der Waals surface area contributed by atoms with Gasteiger partial charge < -0.3 is 0 Å². The van der Waals surface area contributed by atoms with Gasteiger partial charge in [-0.15, -0.1) is 0 Å². The maximum Gasteiger partial charge on any atom is 0.105 e. The summed E-state index contributed by atoms with van der Waals surface area (Å²) in [6, 6.07) is 28.2. The normalized spacial score (nSPS) is 12.2. The molecule has 0 aliphatic rings. The van der Waals surface area contributed by atoms with Crippen molar-refractivity contribution in [2.24, 2.45) is 4.99 Å². The largest absolute Gasteiger partial charge is 0.241 e. The lowest BCUT2D eigenvalue weighted by Gasteiger charge is -2.08. The number of hydrogen-bond donors (Lipinski definition) is 0. The summed E-state index contributed by atoms with van der Waals surface area (Å²) in [4.78, 5) is 7.22. The van der Waals surface area contributed by atoms with Crippen LogP contribution >= 0.6 is 35.1 Å². The van der Waals surface area contributed by atoms with Crippen LogP contribution in [-0.2, 0) is 0 Å². The number of rotatable bonds is 5. The van der Waals surface area contributed by atoms with Gasteiger partial charge in [0.1, 0.15) is 5.04 Å². The number of benzene rings is 3. The van der Waals surface area contributed by atoms with Gasteiger partial charge in [0.05, 0.1) is 5.69 Å². The molecule has 4 heteroatoms. The quantitative estimate of drug-likeness (QED) is 0.247. The molecule has 3 aromatic rings. The second kappa shape index (κ2) is 9.67. The van der Waals surface area contributed by atoms with E-state index in [-0.39, 0.29) is 0 Å². The van der Waals surface area contributed by atoms with E-state index in [1.54, 1.807) is 23.5 Å². The van der Waals surface area contributed by atoms with Crippen molar-refractivity contribution >= 4 is 45.9 Å². The van der Waals surface area contributed by atoms with E-state index in [2.05, 4.69) is 36.6 Å². The molecular weight excluding hydrogens is 378 g/mol. The fraction of sp³-hybridized carbons (Fsp3) is 0.0455. The Labute approximate surface area is 168 Å².